The summed E-state index contributed by atoms with van der Waals surface area (Å²) in [5.41, 5.74) is 0. The predicted molar refractivity (Wildman–Crippen MR) is 40.1 cm³/mol. The molecule has 0 heterocycles. The third kappa shape index (κ3) is 1.55. The summed E-state index contributed by atoms with van der Waals surface area (Å²) in [6.45, 7) is 2.21. The molecule has 0 aliphatic heterocycles. The Bertz CT molecular complexity index is 94.6. The second-order valence-corrected chi connectivity index (χ2v) is 3.39. The first kappa shape index (κ1) is 6.21. The molecule has 0 aromatic carbocycles. The molecule has 0 saturated carbocycles. The molecule has 8 heavy (non-hydrogen) atoms. The van der Waals surface area contributed by atoms with Gasteiger partial charge in [0.25, 0.3) is 0 Å². The lowest BCUT2D eigenvalue weighted by molar-refractivity contribution is 0.925. The molecule has 0 atom stereocenters. The van der Waals surface area contributed by atoms with Crippen LogP contribution in [0.25, 0.3) is 0 Å². The smallest absolute Gasteiger partial charge is 0.00518 e. The van der Waals surface area contributed by atoms with E-state index in [4.69, 9.17) is 0 Å². The minimum Gasteiger partial charge on any atom is -0.131 e. The van der Waals surface area contributed by atoms with Gasteiger partial charge in [-0.3, -0.25) is 0 Å². The molecule has 0 aromatic heterocycles. The van der Waals surface area contributed by atoms with Crippen LogP contribution < -0.4 is 0 Å². The molecule has 0 N–H and O–H groups in total. The highest BCUT2D eigenvalue weighted by atomic mass is 32.2. The van der Waals surface area contributed by atoms with Gasteiger partial charge in [-0.2, -0.15) is 0 Å². The molecule has 0 radical (unpaired) electrons. The molecule has 0 spiro atoms. The molecular formula is C7H12S. The van der Waals surface area contributed by atoms with Crippen molar-refractivity contribution in [1.29, 1.82) is 0 Å². The van der Waals surface area contributed by atoms with Crippen molar-refractivity contribution < 1.29 is 0 Å². The van der Waals surface area contributed by atoms with Crippen molar-refractivity contribution >= 4 is 11.8 Å². The van der Waals surface area contributed by atoms with Crippen LogP contribution in [0.3, 0.4) is 0 Å². The Labute approximate surface area is 55.4 Å². The van der Waals surface area contributed by atoms with Crippen molar-refractivity contribution in [3.63, 3.8) is 0 Å². The Hall–Kier alpha value is 0.0900. The molecule has 0 bridgehead atoms. The number of rotatable bonds is 2. The Morgan fingerprint density at radius 3 is 3.12 bits per heavy atom. The number of hydrogen-bond acceptors (Lipinski definition) is 1. The van der Waals surface area contributed by atoms with Crippen LogP contribution in [0.1, 0.15) is 26.2 Å². The maximum Gasteiger partial charge on any atom is -0.00518 e. The van der Waals surface area contributed by atoms with E-state index in [1.165, 1.54) is 25.0 Å². The fourth-order valence-electron chi connectivity index (χ4n) is 0.958. The fourth-order valence-corrected chi connectivity index (χ4v) is 1.85. The van der Waals surface area contributed by atoms with E-state index >= 15 is 0 Å². The second kappa shape index (κ2) is 3.18. The Kier molecular flexibility index (Phi) is 2.47. The minimum atomic E-state index is 1.24. The summed E-state index contributed by atoms with van der Waals surface area (Å²) in [7, 11) is 0. The summed E-state index contributed by atoms with van der Waals surface area (Å²) in [6.07, 6.45) is 6.43. The Balaban J connectivity index is 2.23. The molecule has 1 aliphatic carbocycles. The molecule has 46 valence electrons. The average Bonchev–Trinajstić information content (AvgIpc) is 2.19. The van der Waals surface area contributed by atoms with Crippen LogP contribution in [0.2, 0.25) is 0 Å². The largest absolute Gasteiger partial charge is 0.131 e. The van der Waals surface area contributed by atoms with Crippen molar-refractivity contribution in [1.82, 2.24) is 0 Å². The molecule has 0 fully saturated rings. The number of thioether (sulfide) groups is 1. The van der Waals surface area contributed by atoms with Crippen molar-refractivity contribution in [3.05, 3.63) is 11.0 Å². The van der Waals surface area contributed by atoms with Gasteiger partial charge in [0.1, 0.15) is 0 Å². The van der Waals surface area contributed by atoms with E-state index in [1.54, 1.807) is 4.91 Å². The maximum atomic E-state index is 2.37. The number of allylic oxidation sites excluding steroid dienone is 2. The van der Waals surface area contributed by atoms with Gasteiger partial charge in [0.15, 0.2) is 0 Å². The third-order valence-corrected chi connectivity index (χ3v) is 2.36. The average molecular weight is 128 g/mol. The minimum absolute atomic E-state index is 1.24. The molecule has 0 saturated heterocycles. The lowest BCUT2D eigenvalue weighted by Crippen LogP contribution is -1.69. The van der Waals surface area contributed by atoms with Crippen LogP contribution in [0, 0.1) is 0 Å². The van der Waals surface area contributed by atoms with Crippen LogP contribution in [0.4, 0.5) is 0 Å². The molecular weight excluding hydrogens is 116 g/mol. The molecule has 1 aliphatic rings. The van der Waals surface area contributed by atoms with Crippen molar-refractivity contribution in [2.24, 2.45) is 0 Å². The zero-order chi connectivity index (χ0) is 5.82. The van der Waals surface area contributed by atoms with Gasteiger partial charge in [-0.25, -0.2) is 0 Å². The Morgan fingerprint density at radius 2 is 2.62 bits per heavy atom. The number of hydrogen-bond donors (Lipinski definition) is 0. The normalized spacial score (nSPS) is 18.9. The summed E-state index contributed by atoms with van der Waals surface area (Å²) in [6, 6.07) is 0. The second-order valence-electron chi connectivity index (χ2n) is 2.00. The van der Waals surface area contributed by atoms with Crippen molar-refractivity contribution in [2.75, 3.05) is 5.75 Å². The third-order valence-electron chi connectivity index (χ3n) is 1.33. The Morgan fingerprint density at radius 1 is 1.75 bits per heavy atom. The topological polar surface area (TPSA) is 0 Å². The lowest BCUT2D eigenvalue weighted by Gasteiger charge is -1.93. The monoisotopic (exact) mass is 128 g/mol. The van der Waals surface area contributed by atoms with E-state index in [0.717, 1.165) is 0 Å². The highest BCUT2D eigenvalue weighted by Gasteiger charge is 2.01. The van der Waals surface area contributed by atoms with E-state index in [1.807, 2.05) is 11.8 Å². The van der Waals surface area contributed by atoms with Crippen LogP contribution in [-0.4, -0.2) is 5.75 Å². The van der Waals surface area contributed by atoms with Gasteiger partial charge in [-0.1, -0.05) is 13.0 Å². The van der Waals surface area contributed by atoms with E-state index in [9.17, 15) is 0 Å². The van der Waals surface area contributed by atoms with Gasteiger partial charge in [-0.15, -0.1) is 11.8 Å². The van der Waals surface area contributed by atoms with E-state index in [0.29, 0.717) is 0 Å². The first-order valence-electron chi connectivity index (χ1n) is 3.25. The van der Waals surface area contributed by atoms with Gasteiger partial charge >= 0.3 is 0 Å². The summed E-state index contributed by atoms with van der Waals surface area (Å²) >= 11 is 2.00. The summed E-state index contributed by atoms with van der Waals surface area (Å²) < 4.78 is 0. The van der Waals surface area contributed by atoms with Gasteiger partial charge in [0.2, 0.25) is 0 Å². The van der Waals surface area contributed by atoms with Crippen LogP contribution >= 0.6 is 11.8 Å². The zero-order valence-electron chi connectivity index (χ0n) is 5.31. The molecule has 1 rings (SSSR count). The molecule has 0 unspecified atom stereocenters. The van der Waals surface area contributed by atoms with E-state index < -0.39 is 0 Å². The van der Waals surface area contributed by atoms with Gasteiger partial charge in [0.05, 0.1) is 0 Å². The first-order valence-corrected chi connectivity index (χ1v) is 4.24. The highest BCUT2D eigenvalue weighted by Crippen LogP contribution is 2.27. The fraction of sp³-hybridized carbons (Fsp3) is 0.714. The van der Waals surface area contributed by atoms with Gasteiger partial charge in [0, 0.05) is 0 Å². The summed E-state index contributed by atoms with van der Waals surface area (Å²) in [5, 5.41) is 0. The van der Waals surface area contributed by atoms with Crippen LogP contribution in [0.5, 0.6) is 0 Å². The highest BCUT2D eigenvalue weighted by molar-refractivity contribution is 8.03. The zero-order valence-corrected chi connectivity index (χ0v) is 6.13. The van der Waals surface area contributed by atoms with E-state index in [-0.39, 0.29) is 0 Å². The van der Waals surface area contributed by atoms with Crippen LogP contribution in [0.15, 0.2) is 11.0 Å². The van der Waals surface area contributed by atoms with Gasteiger partial charge < -0.3 is 0 Å². The quantitative estimate of drug-likeness (QED) is 0.551. The van der Waals surface area contributed by atoms with Crippen molar-refractivity contribution in [3.8, 4) is 0 Å². The predicted octanol–water partition coefficient (Wildman–Crippen LogP) is 2.81. The van der Waals surface area contributed by atoms with Crippen LogP contribution in [-0.2, 0) is 0 Å². The standard InChI is InChI=1S/C7H12S/c1-2-8-7-5-3-4-6-7/h5H,2-4,6H2,1H3. The summed E-state index contributed by atoms with van der Waals surface area (Å²) in [5.74, 6) is 1.24. The molecule has 0 aromatic rings. The van der Waals surface area contributed by atoms with Crippen molar-refractivity contribution in [2.45, 2.75) is 26.2 Å². The maximum absolute atomic E-state index is 2.37. The van der Waals surface area contributed by atoms with Gasteiger partial charge in [-0.05, 0) is 29.9 Å². The lowest BCUT2D eigenvalue weighted by atomic mass is 10.4. The molecule has 0 nitrogen and oxygen atoms in total. The molecule has 0 amide bonds. The first-order chi connectivity index (χ1) is 3.93. The van der Waals surface area contributed by atoms with E-state index in [2.05, 4.69) is 13.0 Å². The molecule has 1 heteroatoms. The summed E-state index contributed by atoms with van der Waals surface area (Å²) in [4.78, 5) is 1.62. The SMILES string of the molecule is CCSC1=CCCC1.